The molecule has 1 aliphatic heterocycles. The molecule has 2 heterocycles. The van der Waals surface area contributed by atoms with Gasteiger partial charge >= 0.3 is 0 Å². The number of carbonyl (C=O) groups excluding carboxylic acids is 1. The molecule has 2 aromatic rings. The van der Waals surface area contributed by atoms with Crippen molar-refractivity contribution in [3.63, 3.8) is 0 Å². The van der Waals surface area contributed by atoms with Crippen LogP contribution in [0.5, 0.6) is 0 Å². The topological polar surface area (TPSA) is 99.5 Å². The average molecular weight is 460 g/mol. The molecule has 31 heavy (non-hydrogen) atoms. The zero-order valence-electron chi connectivity index (χ0n) is 17.6. The molecule has 1 aromatic carbocycles. The first-order valence-electron chi connectivity index (χ1n) is 10.4. The summed E-state index contributed by atoms with van der Waals surface area (Å²) in [5, 5.41) is 13.0. The molecule has 0 spiro atoms. The van der Waals surface area contributed by atoms with E-state index in [1.807, 2.05) is 13.8 Å². The predicted octanol–water partition coefficient (Wildman–Crippen LogP) is 3.55. The van der Waals surface area contributed by atoms with Crippen molar-refractivity contribution < 1.29 is 17.9 Å². The monoisotopic (exact) mass is 459 g/mol. The first-order chi connectivity index (χ1) is 14.8. The lowest BCUT2D eigenvalue weighted by Gasteiger charge is -2.34. The minimum Gasteiger partial charge on any atom is -0.373 e. The molecule has 1 fully saturated rings. The number of hydrogen-bond acceptors (Lipinski definition) is 6. The van der Waals surface area contributed by atoms with Crippen LogP contribution in [0.15, 0.2) is 29.2 Å². The van der Waals surface area contributed by atoms with Crippen molar-refractivity contribution in [3.8, 4) is 6.07 Å². The fraction of sp³-hybridized carbons (Fsp3) is 0.455. The second-order valence-corrected chi connectivity index (χ2v) is 11.1. The van der Waals surface area contributed by atoms with E-state index < -0.39 is 10.0 Å². The van der Waals surface area contributed by atoms with Gasteiger partial charge in [0.15, 0.2) is 0 Å². The molecule has 0 saturated carbocycles. The maximum absolute atomic E-state index is 13.0. The number of nitrogens with one attached hydrogen (secondary N) is 1. The lowest BCUT2D eigenvalue weighted by Crippen LogP contribution is -2.48. The SMILES string of the molecule is C[C@H]1CN(S(=O)(=O)c2ccc(C(=O)Nc3sc4c(c3C#N)CCCC4)cc2)C[C@H](C)O1. The fourth-order valence-corrected chi connectivity index (χ4v) is 7.03. The van der Waals surface area contributed by atoms with Crippen molar-refractivity contribution in [1.82, 2.24) is 4.31 Å². The number of ether oxygens (including phenoxy) is 1. The number of aryl methyl sites for hydroxylation is 1. The van der Waals surface area contributed by atoms with E-state index in [0.717, 1.165) is 31.2 Å². The van der Waals surface area contributed by atoms with E-state index in [4.69, 9.17) is 4.74 Å². The van der Waals surface area contributed by atoms with E-state index in [2.05, 4.69) is 11.4 Å². The number of hydrogen-bond donors (Lipinski definition) is 1. The molecule has 1 saturated heterocycles. The van der Waals surface area contributed by atoms with Crippen LogP contribution in [-0.2, 0) is 27.6 Å². The van der Waals surface area contributed by atoms with E-state index >= 15 is 0 Å². The molecule has 2 atom stereocenters. The number of fused-ring (bicyclic) bond motifs is 1. The van der Waals surface area contributed by atoms with Crippen LogP contribution in [0.3, 0.4) is 0 Å². The van der Waals surface area contributed by atoms with Crippen molar-refractivity contribution in [3.05, 3.63) is 45.8 Å². The molecule has 9 heteroatoms. The van der Waals surface area contributed by atoms with Gasteiger partial charge < -0.3 is 10.1 Å². The van der Waals surface area contributed by atoms with E-state index in [1.54, 1.807) is 0 Å². The van der Waals surface area contributed by atoms with Crippen molar-refractivity contribution in [2.24, 2.45) is 0 Å². The number of nitriles is 1. The zero-order valence-corrected chi connectivity index (χ0v) is 19.2. The number of nitrogens with zero attached hydrogens (tertiary/aromatic N) is 2. The summed E-state index contributed by atoms with van der Waals surface area (Å²) in [6.45, 7) is 4.30. The Balaban J connectivity index is 1.52. The summed E-state index contributed by atoms with van der Waals surface area (Å²) in [6, 6.07) is 8.17. The Labute approximate surface area is 186 Å². The molecule has 4 rings (SSSR count). The van der Waals surface area contributed by atoms with Crippen LogP contribution >= 0.6 is 11.3 Å². The minimum absolute atomic E-state index is 0.148. The first-order valence-corrected chi connectivity index (χ1v) is 12.7. The Morgan fingerprint density at radius 1 is 1.16 bits per heavy atom. The van der Waals surface area contributed by atoms with E-state index in [-0.39, 0.29) is 23.0 Å². The summed E-state index contributed by atoms with van der Waals surface area (Å²) >= 11 is 1.47. The van der Waals surface area contributed by atoms with Crippen molar-refractivity contribution in [2.75, 3.05) is 18.4 Å². The Bertz CT molecular complexity index is 1120. The van der Waals surface area contributed by atoms with Crippen LogP contribution in [0, 0.1) is 11.3 Å². The number of sulfonamides is 1. The van der Waals surface area contributed by atoms with Crippen LogP contribution in [0.25, 0.3) is 0 Å². The van der Waals surface area contributed by atoms with Gasteiger partial charge in [-0.05, 0) is 69.4 Å². The Hall–Kier alpha value is -2.25. The largest absolute Gasteiger partial charge is 0.373 e. The summed E-state index contributed by atoms with van der Waals surface area (Å²) in [5.74, 6) is -0.354. The third kappa shape index (κ3) is 4.39. The second-order valence-electron chi connectivity index (χ2n) is 8.08. The number of thiophene rings is 1. The molecular weight excluding hydrogens is 434 g/mol. The van der Waals surface area contributed by atoms with Crippen molar-refractivity contribution in [2.45, 2.75) is 56.6 Å². The summed E-state index contributed by atoms with van der Waals surface area (Å²) in [6.07, 6.45) is 3.63. The third-order valence-electron chi connectivity index (χ3n) is 5.65. The van der Waals surface area contributed by atoms with Gasteiger partial charge in [-0.15, -0.1) is 11.3 Å². The molecule has 7 nitrogen and oxygen atoms in total. The molecule has 0 radical (unpaired) electrons. The van der Waals surface area contributed by atoms with Gasteiger partial charge in [0.05, 0.1) is 22.7 Å². The lowest BCUT2D eigenvalue weighted by atomic mass is 9.96. The summed E-state index contributed by atoms with van der Waals surface area (Å²) in [4.78, 5) is 14.1. The van der Waals surface area contributed by atoms with Gasteiger partial charge in [-0.1, -0.05) is 0 Å². The molecule has 0 bridgehead atoms. The van der Waals surface area contributed by atoms with Crippen LogP contribution in [0.2, 0.25) is 0 Å². The molecule has 2 aliphatic rings. The Kier molecular flexibility index (Phi) is 6.17. The van der Waals surface area contributed by atoms with Crippen LogP contribution in [0.1, 0.15) is 53.1 Å². The Morgan fingerprint density at radius 3 is 2.45 bits per heavy atom. The smallest absolute Gasteiger partial charge is 0.256 e. The normalized spacial score (nSPS) is 21.8. The molecule has 1 aromatic heterocycles. The molecule has 1 N–H and O–H groups in total. The number of morpholine rings is 1. The number of benzene rings is 1. The van der Waals surface area contributed by atoms with E-state index in [1.165, 1.54) is 44.8 Å². The predicted molar refractivity (Wildman–Crippen MR) is 119 cm³/mol. The highest BCUT2D eigenvalue weighted by Gasteiger charge is 2.32. The second kappa shape index (κ2) is 8.71. The number of anilines is 1. The van der Waals surface area contributed by atoms with Gasteiger partial charge in [0.2, 0.25) is 10.0 Å². The number of rotatable bonds is 4. The molecule has 164 valence electrons. The maximum atomic E-state index is 13.0. The zero-order chi connectivity index (χ0) is 22.2. The van der Waals surface area contributed by atoms with E-state index in [0.29, 0.717) is 29.2 Å². The minimum atomic E-state index is -3.66. The van der Waals surface area contributed by atoms with Crippen LogP contribution < -0.4 is 5.32 Å². The van der Waals surface area contributed by atoms with Gasteiger partial charge in [-0.25, -0.2) is 8.42 Å². The van der Waals surface area contributed by atoms with Gasteiger partial charge in [0, 0.05) is 23.5 Å². The van der Waals surface area contributed by atoms with Crippen molar-refractivity contribution in [1.29, 1.82) is 5.26 Å². The van der Waals surface area contributed by atoms with Gasteiger partial charge in [-0.2, -0.15) is 9.57 Å². The average Bonchev–Trinajstić information content (AvgIpc) is 3.10. The first kappa shape index (κ1) is 22.0. The molecular formula is C22H25N3O4S2. The summed E-state index contributed by atoms with van der Waals surface area (Å²) in [7, 11) is -3.66. The standard InChI is InChI=1S/C22H25N3O4S2/c1-14-12-25(13-15(2)29-14)31(27,28)17-9-7-16(8-10-17)21(26)24-22-19(11-23)18-5-3-4-6-20(18)30-22/h7-10,14-15H,3-6,12-13H2,1-2H3,(H,24,26)/t14-,15-/m0/s1. The quantitative estimate of drug-likeness (QED) is 0.754. The highest BCUT2D eigenvalue weighted by molar-refractivity contribution is 7.89. The van der Waals surface area contributed by atoms with Gasteiger partial charge in [0.1, 0.15) is 11.1 Å². The maximum Gasteiger partial charge on any atom is 0.256 e. The number of amides is 1. The fourth-order valence-electron chi connectivity index (χ4n) is 4.20. The molecule has 1 amide bonds. The van der Waals surface area contributed by atoms with Crippen LogP contribution in [-0.4, -0.2) is 43.9 Å². The number of carbonyl (C=O) groups is 1. The van der Waals surface area contributed by atoms with Gasteiger partial charge in [-0.3, -0.25) is 4.79 Å². The summed E-state index contributed by atoms with van der Waals surface area (Å²) in [5.41, 5.74) is 1.96. The van der Waals surface area contributed by atoms with Gasteiger partial charge in [0.25, 0.3) is 5.91 Å². The lowest BCUT2D eigenvalue weighted by molar-refractivity contribution is -0.0440. The third-order valence-corrected chi connectivity index (χ3v) is 8.70. The van der Waals surface area contributed by atoms with E-state index in [9.17, 15) is 18.5 Å². The Morgan fingerprint density at radius 2 is 1.81 bits per heavy atom. The molecule has 1 aliphatic carbocycles. The van der Waals surface area contributed by atoms with Crippen LogP contribution in [0.4, 0.5) is 5.00 Å². The van der Waals surface area contributed by atoms with Crippen molar-refractivity contribution >= 4 is 32.3 Å². The highest BCUT2D eigenvalue weighted by atomic mass is 32.2. The summed E-state index contributed by atoms with van der Waals surface area (Å²) < 4.78 is 33.0. The molecule has 0 unspecified atom stereocenters. The highest BCUT2D eigenvalue weighted by Crippen LogP contribution is 2.37.